The molecule has 4 heteroatoms. The number of ether oxygens (including phenoxy) is 1. The molecule has 0 aromatic heterocycles. The molecule has 2 heterocycles. The van der Waals surface area contributed by atoms with Crippen molar-refractivity contribution in [2.75, 3.05) is 37.7 Å². The highest BCUT2D eigenvalue weighted by Gasteiger charge is 2.33. The maximum Gasteiger partial charge on any atom is 0.123 e. The second-order valence-corrected chi connectivity index (χ2v) is 7.14. The van der Waals surface area contributed by atoms with E-state index in [0.29, 0.717) is 12.0 Å². The van der Waals surface area contributed by atoms with E-state index in [9.17, 15) is 4.39 Å². The average molecular weight is 340 g/mol. The van der Waals surface area contributed by atoms with Gasteiger partial charge in [0.05, 0.1) is 6.61 Å². The summed E-state index contributed by atoms with van der Waals surface area (Å²) in [6.45, 7) is 5.15. The summed E-state index contributed by atoms with van der Waals surface area (Å²) in [5.74, 6) is 1.10. The molecule has 2 aliphatic heterocycles. The van der Waals surface area contributed by atoms with Crippen LogP contribution in [0.3, 0.4) is 0 Å². The van der Waals surface area contributed by atoms with Gasteiger partial charge < -0.3 is 9.64 Å². The van der Waals surface area contributed by atoms with Crippen LogP contribution in [-0.4, -0.2) is 43.7 Å². The molecule has 2 atom stereocenters. The summed E-state index contributed by atoms with van der Waals surface area (Å²) in [5.41, 5.74) is 1.34. The van der Waals surface area contributed by atoms with E-state index < -0.39 is 0 Å². The van der Waals surface area contributed by atoms with Gasteiger partial charge in [-0.15, -0.1) is 0 Å². The fourth-order valence-electron chi connectivity index (χ4n) is 4.01. The number of para-hydroxylation sites is 1. The lowest BCUT2D eigenvalue weighted by Crippen LogP contribution is -2.57. The van der Waals surface area contributed by atoms with Gasteiger partial charge in [0.2, 0.25) is 0 Å². The molecule has 3 nitrogen and oxygen atoms in total. The second-order valence-electron chi connectivity index (χ2n) is 7.14. The van der Waals surface area contributed by atoms with E-state index in [0.717, 1.165) is 38.5 Å². The van der Waals surface area contributed by atoms with Crippen molar-refractivity contribution in [3.63, 3.8) is 0 Å². The fourth-order valence-corrected chi connectivity index (χ4v) is 4.01. The summed E-state index contributed by atoms with van der Waals surface area (Å²) in [5, 5.41) is 0. The Morgan fingerprint density at radius 2 is 1.72 bits per heavy atom. The normalized spacial score (nSPS) is 24.0. The van der Waals surface area contributed by atoms with Crippen molar-refractivity contribution in [3.8, 4) is 5.75 Å². The Bertz CT molecular complexity index is 676. The third-order valence-electron chi connectivity index (χ3n) is 5.43. The standard InChI is InChI=1S/C21H25FN2O/c22-18-7-10-21(11-8-18)25-16-17-6-9-20-15-24(13-12-23(20)14-17)19-4-2-1-3-5-19/h1-5,7-8,10-11,17,20H,6,9,12-16H2. The third kappa shape index (κ3) is 3.96. The molecule has 0 amide bonds. The largest absolute Gasteiger partial charge is 0.493 e. The Morgan fingerprint density at radius 3 is 2.52 bits per heavy atom. The zero-order valence-electron chi connectivity index (χ0n) is 14.5. The van der Waals surface area contributed by atoms with E-state index in [1.807, 2.05) is 0 Å². The number of benzene rings is 2. The Labute approximate surface area is 149 Å². The maximum absolute atomic E-state index is 13.0. The average Bonchev–Trinajstić information content (AvgIpc) is 2.68. The van der Waals surface area contributed by atoms with E-state index in [4.69, 9.17) is 4.74 Å². The van der Waals surface area contributed by atoms with E-state index in [-0.39, 0.29) is 5.82 Å². The van der Waals surface area contributed by atoms with Gasteiger partial charge in [-0.05, 0) is 49.2 Å². The van der Waals surface area contributed by atoms with Gasteiger partial charge in [0.25, 0.3) is 0 Å². The number of hydrogen-bond donors (Lipinski definition) is 0. The number of halogens is 1. The molecule has 4 rings (SSSR count). The van der Waals surface area contributed by atoms with Gasteiger partial charge in [0.15, 0.2) is 0 Å². The summed E-state index contributed by atoms with van der Waals surface area (Å²) in [6, 6.07) is 17.7. The molecule has 0 spiro atoms. The molecule has 0 N–H and O–H groups in total. The minimum Gasteiger partial charge on any atom is -0.493 e. The van der Waals surface area contributed by atoms with Crippen LogP contribution in [0.2, 0.25) is 0 Å². The van der Waals surface area contributed by atoms with Gasteiger partial charge in [-0.2, -0.15) is 0 Å². The molecular formula is C21H25FN2O. The Balaban J connectivity index is 1.29. The van der Waals surface area contributed by atoms with E-state index in [1.165, 1.54) is 30.7 Å². The minimum atomic E-state index is -0.218. The van der Waals surface area contributed by atoms with Crippen molar-refractivity contribution < 1.29 is 9.13 Å². The molecular weight excluding hydrogens is 315 g/mol. The Kier molecular flexibility index (Phi) is 4.88. The molecule has 0 bridgehead atoms. The molecule has 0 saturated carbocycles. The minimum absolute atomic E-state index is 0.218. The number of piperidine rings is 1. The lowest BCUT2D eigenvalue weighted by Gasteiger charge is -2.47. The lowest BCUT2D eigenvalue weighted by molar-refractivity contribution is 0.0729. The van der Waals surface area contributed by atoms with Crippen LogP contribution in [-0.2, 0) is 0 Å². The monoisotopic (exact) mass is 340 g/mol. The molecule has 2 aliphatic rings. The summed E-state index contributed by atoms with van der Waals surface area (Å²) in [7, 11) is 0. The van der Waals surface area contributed by atoms with Gasteiger partial charge in [0, 0.05) is 43.8 Å². The molecule has 2 saturated heterocycles. The predicted molar refractivity (Wildman–Crippen MR) is 98.6 cm³/mol. The van der Waals surface area contributed by atoms with Crippen LogP contribution >= 0.6 is 0 Å². The maximum atomic E-state index is 13.0. The fraction of sp³-hybridized carbons (Fsp3) is 0.429. The summed E-state index contributed by atoms with van der Waals surface area (Å²) < 4.78 is 18.8. The molecule has 2 aromatic carbocycles. The zero-order valence-corrected chi connectivity index (χ0v) is 14.5. The van der Waals surface area contributed by atoms with E-state index in [2.05, 4.69) is 40.1 Å². The number of rotatable bonds is 4. The van der Waals surface area contributed by atoms with Crippen LogP contribution in [0, 0.1) is 11.7 Å². The van der Waals surface area contributed by atoms with Crippen LogP contribution in [0.25, 0.3) is 0 Å². The molecule has 0 aliphatic carbocycles. The van der Waals surface area contributed by atoms with Gasteiger partial charge >= 0.3 is 0 Å². The van der Waals surface area contributed by atoms with Crippen molar-refractivity contribution in [3.05, 3.63) is 60.4 Å². The number of anilines is 1. The van der Waals surface area contributed by atoms with Gasteiger partial charge in [-0.1, -0.05) is 18.2 Å². The van der Waals surface area contributed by atoms with Gasteiger partial charge in [0.1, 0.15) is 11.6 Å². The van der Waals surface area contributed by atoms with Crippen molar-refractivity contribution in [2.24, 2.45) is 5.92 Å². The Morgan fingerprint density at radius 1 is 0.920 bits per heavy atom. The molecule has 2 fully saturated rings. The molecule has 132 valence electrons. The third-order valence-corrected chi connectivity index (χ3v) is 5.43. The highest BCUT2D eigenvalue weighted by Crippen LogP contribution is 2.28. The van der Waals surface area contributed by atoms with Crippen LogP contribution in [0.1, 0.15) is 12.8 Å². The van der Waals surface area contributed by atoms with Crippen LogP contribution in [0.4, 0.5) is 10.1 Å². The first-order valence-electron chi connectivity index (χ1n) is 9.20. The molecule has 2 aromatic rings. The first-order chi connectivity index (χ1) is 12.3. The van der Waals surface area contributed by atoms with Crippen molar-refractivity contribution in [2.45, 2.75) is 18.9 Å². The highest BCUT2D eigenvalue weighted by atomic mass is 19.1. The van der Waals surface area contributed by atoms with Crippen molar-refractivity contribution in [1.29, 1.82) is 0 Å². The lowest BCUT2D eigenvalue weighted by atomic mass is 9.91. The van der Waals surface area contributed by atoms with Crippen LogP contribution < -0.4 is 9.64 Å². The van der Waals surface area contributed by atoms with Crippen molar-refractivity contribution in [1.82, 2.24) is 4.90 Å². The highest BCUT2D eigenvalue weighted by molar-refractivity contribution is 5.46. The zero-order chi connectivity index (χ0) is 17.1. The molecule has 0 radical (unpaired) electrons. The quantitative estimate of drug-likeness (QED) is 0.842. The SMILES string of the molecule is Fc1ccc(OCC2CCC3CN(c4ccccc4)CCN3C2)cc1. The summed E-state index contributed by atoms with van der Waals surface area (Å²) >= 11 is 0. The van der Waals surface area contributed by atoms with E-state index in [1.54, 1.807) is 12.1 Å². The number of piperazine rings is 1. The number of nitrogens with zero attached hydrogens (tertiary/aromatic N) is 2. The van der Waals surface area contributed by atoms with Crippen LogP contribution in [0.5, 0.6) is 5.75 Å². The Hall–Kier alpha value is -2.07. The van der Waals surface area contributed by atoms with Gasteiger partial charge in [-0.3, -0.25) is 4.90 Å². The molecule has 2 unspecified atom stereocenters. The first-order valence-corrected chi connectivity index (χ1v) is 9.20. The summed E-state index contributed by atoms with van der Waals surface area (Å²) in [6.07, 6.45) is 2.42. The van der Waals surface area contributed by atoms with E-state index >= 15 is 0 Å². The van der Waals surface area contributed by atoms with Crippen molar-refractivity contribution >= 4 is 5.69 Å². The number of fused-ring (bicyclic) bond motifs is 1. The predicted octanol–water partition coefficient (Wildman–Crippen LogP) is 3.81. The second kappa shape index (κ2) is 7.44. The van der Waals surface area contributed by atoms with Gasteiger partial charge in [-0.25, -0.2) is 4.39 Å². The molecule has 25 heavy (non-hydrogen) atoms. The first kappa shape index (κ1) is 16.4. The number of hydrogen-bond acceptors (Lipinski definition) is 3. The topological polar surface area (TPSA) is 15.7 Å². The summed E-state index contributed by atoms with van der Waals surface area (Å²) in [4.78, 5) is 5.14. The smallest absolute Gasteiger partial charge is 0.123 e. The van der Waals surface area contributed by atoms with Crippen LogP contribution in [0.15, 0.2) is 54.6 Å².